The average Bonchev–Trinajstić information content (AvgIpc) is 2.67. The first kappa shape index (κ1) is 20.1. The summed E-state index contributed by atoms with van der Waals surface area (Å²) in [6, 6.07) is 4.29. The van der Waals surface area contributed by atoms with Crippen LogP contribution in [0.3, 0.4) is 0 Å². The van der Waals surface area contributed by atoms with E-state index in [4.69, 9.17) is 0 Å². The van der Waals surface area contributed by atoms with Crippen molar-refractivity contribution in [3.63, 3.8) is 0 Å². The summed E-state index contributed by atoms with van der Waals surface area (Å²) in [5.74, 6) is 0. The summed E-state index contributed by atoms with van der Waals surface area (Å²) in [5.41, 5.74) is 3.03. The van der Waals surface area contributed by atoms with Crippen molar-refractivity contribution in [3.05, 3.63) is 23.0 Å². The van der Waals surface area contributed by atoms with Crippen molar-refractivity contribution in [2.45, 2.75) is 52.0 Å². The maximum Gasteiger partial charge on any atom is 0.282 e. The van der Waals surface area contributed by atoms with Gasteiger partial charge in [0.15, 0.2) is 0 Å². The van der Waals surface area contributed by atoms with Gasteiger partial charge in [-0.25, -0.2) is 0 Å². The van der Waals surface area contributed by atoms with Crippen molar-refractivity contribution in [2.75, 3.05) is 38.1 Å². The lowest BCUT2D eigenvalue weighted by molar-refractivity contribution is 0.259. The Bertz CT molecular complexity index is 819. The number of piperazine rings is 1. The fourth-order valence-corrected chi connectivity index (χ4v) is 5.75. The number of nitriles is 1. The minimum atomic E-state index is -3.44. The number of nitrogens with zero attached hydrogens (tertiary/aromatic N) is 5. The largest absolute Gasteiger partial charge is 0.368 e. The highest BCUT2D eigenvalue weighted by Crippen LogP contribution is 2.27. The Morgan fingerprint density at radius 1 is 1.15 bits per heavy atom. The van der Waals surface area contributed by atoms with E-state index in [1.54, 1.807) is 15.7 Å². The first-order chi connectivity index (χ1) is 12.8. The number of anilines is 1. The average molecular weight is 392 g/mol. The molecule has 2 heterocycles. The lowest BCUT2D eigenvalue weighted by Gasteiger charge is -2.39. The van der Waals surface area contributed by atoms with Gasteiger partial charge in [0.05, 0.1) is 16.9 Å². The molecule has 0 radical (unpaired) electrons. The summed E-state index contributed by atoms with van der Waals surface area (Å²) in [6.45, 7) is 5.78. The highest BCUT2D eigenvalue weighted by molar-refractivity contribution is 7.86. The van der Waals surface area contributed by atoms with Gasteiger partial charge in [0.25, 0.3) is 10.2 Å². The maximum absolute atomic E-state index is 13.0. The van der Waals surface area contributed by atoms with E-state index in [2.05, 4.69) is 16.0 Å². The van der Waals surface area contributed by atoms with E-state index < -0.39 is 10.2 Å². The first-order valence-electron chi connectivity index (χ1n) is 9.71. The normalized spacial score (nSPS) is 20.0. The molecule has 3 rings (SSSR count). The second-order valence-electron chi connectivity index (χ2n) is 7.56. The molecule has 7 nitrogen and oxygen atoms in total. The molecule has 148 valence electrons. The van der Waals surface area contributed by atoms with E-state index >= 15 is 0 Å². The zero-order valence-electron chi connectivity index (χ0n) is 16.5. The summed E-state index contributed by atoms with van der Waals surface area (Å²) < 4.78 is 29.2. The molecule has 1 aromatic heterocycles. The van der Waals surface area contributed by atoms with Gasteiger partial charge in [-0.1, -0.05) is 19.3 Å². The van der Waals surface area contributed by atoms with Gasteiger partial charge in [-0.15, -0.1) is 0 Å². The van der Waals surface area contributed by atoms with Crippen LogP contribution in [-0.2, 0) is 10.2 Å². The maximum atomic E-state index is 13.0. The third-order valence-electron chi connectivity index (χ3n) is 5.78. The zero-order valence-corrected chi connectivity index (χ0v) is 17.3. The summed E-state index contributed by atoms with van der Waals surface area (Å²) in [7, 11) is -1.71. The van der Waals surface area contributed by atoms with Crippen LogP contribution in [0.15, 0.2) is 6.07 Å². The molecule has 0 bridgehead atoms. The highest BCUT2D eigenvalue weighted by atomic mass is 32.2. The van der Waals surface area contributed by atoms with Crippen LogP contribution >= 0.6 is 0 Å². The zero-order chi connectivity index (χ0) is 19.6. The van der Waals surface area contributed by atoms with Gasteiger partial charge in [0.1, 0.15) is 6.07 Å². The third kappa shape index (κ3) is 4.10. The number of aromatic nitrogens is 1. The van der Waals surface area contributed by atoms with Crippen molar-refractivity contribution in [2.24, 2.45) is 0 Å². The van der Waals surface area contributed by atoms with E-state index in [1.807, 2.05) is 19.9 Å². The van der Waals surface area contributed by atoms with Gasteiger partial charge in [0.2, 0.25) is 0 Å². The second kappa shape index (κ2) is 8.13. The molecule has 0 aromatic carbocycles. The number of rotatable bonds is 4. The SMILES string of the molecule is Cc1cc(N2CCN(S(=O)(=O)N(C)C3CCCCC3)CC2)c(C#N)c(C)n1. The monoisotopic (exact) mass is 391 g/mol. The van der Waals surface area contributed by atoms with Crippen LogP contribution in [0.5, 0.6) is 0 Å². The van der Waals surface area contributed by atoms with E-state index in [-0.39, 0.29) is 6.04 Å². The Labute approximate surface area is 162 Å². The van der Waals surface area contributed by atoms with Gasteiger partial charge < -0.3 is 4.90 Å². The lowest BCUT2D eigenvalue weighted by atomic mass is 9.96. The predicted molar refractivity (Wildman–Crippen MR) is 106 cm³/mol. The minimum Gasteiger partial charge on any atom is -0.368 e. The van der Waals surface area contributed by atoms with E-state index in [1.165, 1.54) is 6.42 Å². The molecule has 0 unspecified atom stereocenters. The minimum absolute atomic E-state index is 0.123. The number of hydrogen-bond acceptors (Lipinski definition) is 5. The Morgan fingerprint density at radius 2 is 1.78 bits per heavy atom. The molecule has 1 saturated carbocycles. The molecule has 0 atom stereocenters. The summed E-state index contributed by atoms with van der Waals surface area (Å²) in [4.78, 5) is 6.47. The Hall–Kier alpha value is -1.69. The van der Waals surface area contributed by atoms with Crippen molar-refractivity contribution >= 4 is 15.9 Å². The molecule has 1 saturated heterocycles. The number of aryl methyl sites for hydroxylation is 2. The molecular formula is C19H29N5O2S. The standard InChI is InChI=1S/C19H29N5O2S/c1-15-13-19(18(14-20)16(2)21-15)23-9-11-24(12-10-23)27(25,26)22(3)17-7-5-4-6-8-17/h13,17H,4-12H2,1-3H3. The number of pyridine rings is 1. The molecule has 0 spiro atoms. The van der Waals surface area contributed by atoms with Crippen LogP contribution in [0.1, 0.15) is 49.1 Å². The van der Waals surface area contributed by atoms with Gasteiger partial charge >= 0.3 is 0 Å². The van der Waals surface area contributed by atoms with Crippen LogP contribution in [0, 0.1) is 25.2 Å². The third-order valence-corrected chi connectivity index (χ3v) is 7.82. The lowest BCUT2D eigenvalue weighted by Crippen LogP contribution is -2.54. The van der Waals surface area contributed by atoms with Crippen molar-refractivity contribution in [3.8, 4) is 6.07 Å². The predicted octanol–water partition coefficient (Wildman–Crippen LogP) is 2.20. The Balaban J connectivity index is 1.71. The van der Waals surface area contributed by atoms with Gasteiger partial charge in [0, 0.05) is 45.0 Å². The summed E-state index contributed by atoms with van der Waals surface area (Å²) in [6.07, 6.45) is 5.33. The van der Waals surface area contributed by atoms with E-state index in [0.29, 0.717) is 31.7 Å². The molecular weight excluding hydrogens is 362 g/mol. The highest BCUT2D eigenvalue weighted by Gasteiger charge is 2.35. The van der Waals surface area contributed by atoms with Crippen LogP contribution in [0.25, 0.3) is 0 Å². The molecule has 8 heteroatoms. The molecule has 1 aliphatic carbocycles. The number of hydrogen-bond donors (Lipinski definition) is 0. The quantitative estimate of drug-likeness (QED) is 0.786. The summed E-state index contributed by atoms with van der Waals surface area (Å²) in [5, 5.41) is 9.49. The van der Waals surface area contributed by atoms with Crippen LogP contribution < -0.4 is 4.90 Å². The van der Waals surface area contributed by atoms with Crippen molar-refractivity contribution in [1.82, 2.24) is 13.6 Å². The van der Waals surface area contributed by atoms with Crippen molar-refractivity contribution in [1.29, 1.82) is 5.26 Å². The fraction of sp³-hybridized carbons (Fsp3) is 0.684. The topological polar surface area (TPSA) is 80.5 Å². The molecule has 0 amide bonds. The van der Waals surface area contributed by atoms with Gasteiger partial charge in [-0.3, -0.25) is 4.98 Å². The molecule has 1 aliphatic heterocycles. The summed E-state index contributed by atoms with van der Waals surface area (Å²) >= 11 is 0. The van der Waals surface area contributed by atoms with Crippen molar-refractivity contribution < 1.29 is 8.42 Å². The second-order valence-corrected chi connectivity index (χ2v) is 9.54. The van der Waals surface area contributed by atoms with Gasteiger partial charge in [-0.05, 0) is 32.8 Å². The van der Waals surface area contributed by atoms with Crippen LogP contribution in [0.4, 0.5) is 5.69 Å². The fourth-order valence-electron chi connectivity index (χ4n) is 4.17. The molecule has 0 N–H and O–H groups in total. The Morgan fingerprint density at radius 3 is 2.37 bits per heavy atom. The van der Waals surface area contributed by atoms with E-state index in [9.17, 15) is 13.7 Å². The molecule has 1 aromatic rings. The van der Waals surface area contributed by atoms with Gasteiger partial charge in [-0.2, -0.15) is 22.3 Å². The van der Waals surface area contributed by atoms with Crippen LogP contribution in [0.2, 0.25) is 0 Å². The molecule has 2 aliphatic rings. The van der Waals surface area contributed by atoms with E-state index in [0.717, 1.165) is 42.8 Å². The first-order valence-corrected chi connectivity index (χ1v) is 11.1. The Kier molecular flexibility index (Phi) is 6.04. The molecule has 27 heavy (non-hydrogen) atoms. The van der Waals surface area contributed by atoms with Crippen LogP contribution in [-0.4, -0.2) is 61.3 Å². The molecule has 2 fully saturated rings. The smallest absolute Gasteiger partial charge is 0.282 e.